The molecule has 5 heteroatoms. The van der Waals surface area contributed by atoms with Gasteiger partial charge in [0.15, 0.2) is 5.96 Å². The lowest BCUT2D eigenvalue weighted by molar-refractivity contribution is 0.220. The second-order valence-electron chi connectivity index (χ2n) is 6.53. The van der Waals surface area contributed by atoms with Gasteiger partial charge in [0.2, 0.25) is 0 Å². The molecule has 2 rings (SSSR count). The molecule has 1 aliphatic rings. The number of hydrogen-bond acceptors (Lipinski definition) is 3. The number of rotatable bonds is 8. The van der Waals surface area contributed by atoms with E-state index in [9.17, 15) is 0 Å². The fourth-order valence-corrected chi connectivity index (χ4v) is 2.94. The molecular weight excluding hydrogens is 312 g/mol. The van der Waals surface area contributed by atoms with E-state index in [1.165, 1.54) is 25.9 Å². The molecule has 1 fully saturated rings. The van der Waals surface area contributed by atoms with Gasteiger partial charge < -0.3 is 20.3 Å². The van der Waals surface area contributed by atoms with Gasteiger partial charge in [0.05, 0.1) is 6.54 Å². The first-order valence-electron chi connectivity index (χ1n) is 9.25. The highest BCUT2D eigenvalue weighted by Crippen LogP contribution is 2.19. The summed E-state index contributed by atoms with van der Waals surface area (Å²) in [5.74, 6) is 2.47. The number of benzene rings is 1. The van der Waals surface area contributed by atoms with Crippen LogP contribution in [0.1, 0.15) is 25.3 Å². The Balaban J connectivity index is 1.91. The van der Waals surface area contributed by atoms with Crippen molar-refractivity contribution in [3.63, 3.8) is 0 Å². The van der Waals surface area contributed by atoms with E-state index in [2.05, 4.69) is 42.2 Å². The largest absolute Gasteiger partial charge is 0.489 e. The average Bonchev–Trinajstić information content (AvgIpc) is 2.64. The van der Waals surface area contributed by atoms with E-state index in [-0.39, 0.29) is 0 Å². The van der Waals surface area contributed by atoms with Crippen molar-refractivity contribution in [2.24, 2.45) is 10.9 Å². The van der Waals surface area contributed by atoms with Crippen LogP contribution >= 0.6 is 0 Å². The molecule has 0 saturated carbocycles. The highest BCUT2D eigenvalue weighted by molar-refractivity contribution is 5.79. The Bertz CT molecular complexity index is 550. The van der Waals surface area contributed by atoms with Crippen LogP contribution in [0.25, 0.3) is 0 Å². The molecule has 1 aliphatic heterocycles. The van der Waals surface area contributed by atoms with Crippen molar-refractivity contribution < 1.29 is 4.74 Å². The van der Waals surface area contributed by atoms with Crippen LogP contribution in [0.5, 0.6) is 5.75 Å². The first-order chi connectivity index (χ1) is 12.2. The zero-order chi connectivity index (χ0) is 17.9. The molecule has 2 N–H and O–H groups in total. The Morgan fingerprint density at radius 2 is 2.08 bits per heavy atom. The number of nitrogens with zero attached hydrogens (tertiary/aromatic N) is 2. The van der Waals surface area contributed by atoms with Gasteiger partial charge >= 0.3 is 0 Å². The molecule has 1 saturated heterocycles. The number of para-hydroxylation sites is 1. The number of nitrogens with one attached hydrogen (secondary N) is 2. The molecule has 0 radical (unpaired) electrons. The van der Waals surface area contributed by atoms with Crippen LogP contribution in [0, 0.1) is 5.92 Å². The summed E-state index contributed by atoms with van der Waals surface area (Å²) in [4.78, 5) is 7.13. The minimum atomic E-state index is 0.509. The molecule has 1 aromatic carbocycles. The number of hydrogen-bond donors (Lipinski definition) is 2. The lowest BCUT2D eigenvalue weighted by Gasteiger charge is -2.29. The van der Waals surface area contributed by atoms with Crippen LogP contribution in [-0.2, 0) is 6.54 Å². The van der Waals surface area contributed by atoms with Crippen LogP contribution in [0.4, 0.5) is 0 Å². The summed E-state index contributed by atoms with van der Waals surface area (Å²) >= 11 is 0. The van der Waals surface area contributed by atoms with Gasteiger partial charge in [-0.05, 0) is 51.9 Å². The lowest BCUT2D eigenvalue weighted by Crippen LogP contribution is -2.42. The van der Waals surface area contributed by atoms with Gasteiger partial charge in [0, 0.05) is 18.7 Å². The SMILES string of the molecule is C=CCOc1ccccc1CN=C(NCC)NCC1CCN(C)CC1. The van der Waals surface area contributed by atoms with Gasteiger partial charge in [-0.15, -0.1) is 0 Å². The summed E-state index contributed by atoms with van der Waals surface area (Å²) < 4.78 is 5.71. The molecule has 0 spiro atoms. The molecule has 0 amide bonds. The van der Waals surface area contributed by atoms with E-state index in [1.54, 1.807) is 6.08 Å². The van der Waals surface area contributed by atoms with Crippen molar-refractivity contribution in [2.45, 2.75) is 26.3 Å². The summed E-state index contributed by atoms with van der Waals surface area (Å²) in [6.45, 7) is 11.1. The number of guanidine groups is 1. The quantitative estimate of drug-likeness (QED) is 0.432. The van der Waals surface area contributed by atoms with Crippen molar-refractivity contribution in [3.05, 3.63) is 42.5 Å². The molecule has 0 atom stereocenters. The highest BCUT2D eigenvalue weighted by atomic mass is 16.5. The van der Waals surface area contributed by atoms with E-state index < -0.39 is 0 Å². The maximum atomic E-state index is 5.71. The zero-order valence-corrected chi connectivity index (χ0v) is 15.6. The number of piperidine rings is 1. The Morgan fingerprint density at radius 3 is 2.80 bits per heavy atom. The minimum Gasteiger partial charge on any atom is -0.489 e. The summed E-state index contributed by atoms with van der Waals surface area (Å²) in [6, 6.07) is 8.04. The van der Waals surface area contributed by atoms with Crippen molar-refractivity contribution in [2.75, 3.05) is 39.8 Å². The molecule has 0 bridgehead atoms. The topological polar surface area (TPSA) is 48.9 Å². The zero-order valence-electron chi connectivity index (χ0n) is 15.6. The second-order valence-corrected chi connectivity index (χ2v) is 6.53. The van der Waals surface area contributed by atoms with Crippen molar-refractivity contribution in [1.82, 2.24) is 15.5 Å². The number of likely N-dealkylation sites (tertiary alicyclic amines) is 1. The summed E-state index contributed by atoms with van der Waals surface area (Å²) in [5.41, 5.74) is 1.08. The van der Waals surface area contributed by atoms with Gasteiger partial charge in [-0.3, -0.25) is 0 Å². The molecule has 0 aromatic heterocycles. The fraction of sp³-hybridized carbons (Fsp3) is 0.550. The molecule has 0 unspecified atom stereocenters. The van der Waals surface area contributed by atoms with Crippen molar-refractivity contribution in [3.8, 4) is 5.75 Å². The predicted molar refractivity (Wildman–Crippen MR) is 105 cm³/mol. The van der Waals surface area contributed by atoms with E-state index in [0.29, 0.717) is 13.2 Å². The standard InChI is InChI=1S/C20H32N4O/c1-4-14-25-19-9-7-6-8-18(19)16-23-20(21-5-2)22-15-17-10-12-24(3)13-11-17/h4,6-9,17H,1,5,10-16H2,2-3H3,(H2,21,22,23). The maximum absolute atomic E-state index is 5.71. The Kier molecular flexibility index (Phi) is 8.32. The summed E-state index contributed by atoms with van der Waals surface area (Å²) in [7, 11) is 2.20. The second kappa shape index (κ2) is 10.8. The van der Waals surface area contributed by atoms with Crippen LogP contribution in [0.2, 0.25) is 0 Å². The van der Waals surface area contributed by atoms with E-state index in [0.717, 1.165) is 36.3 Å². The van der Waals surface area contributed by atoms with Gasteiger partial charge in [-0.1, -0.05) is 30.9 Å². The molecule has 1 heterocycles. The first kappa shape index (κ1) is 19.3. The third-order valence-corrected chi connectivity index (χ3v) is 4.48. The van der Waals surface area contributed by atoms with E-state index >= 15 is 0 Å². The average molecular weight is 345 g/mol. The molecule has 0 aliphatic carbocycles. The van der Waals surface area contributed by atoms with Crippen LogP contribution in [0.3, 0.4) is 0 Å². The lowest BCUT2D eigenvalue weighted by atomic mass is 9.97. The van der Waals surface area contributed by atoms with Crippen molar-refractivity contribution >= 4 is 5.96 Å². The normalized spacial score (nSPS) is 16.5. The van der Waals surface area contributed by atoms with Gasteiger partial charge in [0.1, 0.15) is 12.4 Å². The Hall–Kier alpha value is -2.01. The molecule has 5 nitrogen and oxygen atoms in total. The van der Waals surface area contributed by atoms with Crippen LogP contribution < -0.4 is 15.4 Å². The third-order valence-electron chi connectivity index (χ3n) is 4.48. The van der Waals surface area contributed by atoms with E-state index in [1.807, 2.05) is 18.2 Å². The number of aliphatic imine (C=N–C) groups is 1. The maximum Gasteiger partial charge on any atom is 0.191 e. The van der Waals surface area contributed by atoms with Crippen molar-refractivity contribution in [1.29, 1.82) is 0 Å². The Morgan fingerprint density at radius 1 is 1.32 bits per heavy atom. The summed E-state index contributed by atoms with van der Waals surface area (Å²) in [5, 5.41) is 6.84. The first-order valence-corrected chi connectivity index (χ1v) is 9.25. The fourth-order valence-electron chi connectivity index (χ4n) is 2.94. The predicted octanol–water partition coefficient (Wildman–Crippen LogP) is 2.65. The van der Waals surface area contributed by atoms with Crippen LogP contribution in [0.15, 0.2) is 41.9 Å². The monoisotopic (exact) mass is 344 g/mol. The van der Waals surface area contributed by atoms with Gasteiger partial charge in [0.25, 0.3) is 0 Å². The highest BCUT2D eigenvalue weighted by Gasteiger charge is 2.16. The van der Waals surface area contributed by atoms with Crippen LogP contribution in [-0.4, -0.2) is 50.7 Å². The third kappa shape index (κ3) is 6.78. The smallest absolute Gasteiger partial charge is 0.191 e. The molecule has 1 aromatic rings. The molecule has 138 valence electrons. The minimum absolute atomic E-state index is 0.509. The summed E-state index contributed by atoms with van der Waals surface area (Å²) in [6.07, 6.45) is 4.26. The van der Waals surface area contributed by atoms with Gasteiger partial charge in [-0.2, -0.15) is 0 Å². The molecular formula is C20H32N4O. The number of ether oxygens (including phenoxy) is 1. The van der Waals surface area contributed by atoms with E-state index in [4.69, 9.17) is 9.73 Å². The Labute approximate surface area is 152 Å². The molecule has 25 heavy (non-hydrogen) atoms. The van der Waals surface area contributed by atoms with Gasteiger partial charge in [-0.25, -0.2) is 4.99 Å².